The number of rotatable bonds is 1. The van der Waals surface area contributed by atoms with E-state index >= 15 is 0 Å². The Morgan fingerprint density at radius 1 is 1.20 bits per heavy atom. The predicted molar refractivity (Wildman–Crippen MR) is 62.8 cm³/mol. The van der Waals surface area contributed by atoms with Gasteiger partial charge in [0.25, 0.3) is 0 Å². The van der Waals surface area contributed by atoms with Crippen LogP contribution in [0.15, 0.2) is 18.2 Å². The van der Waals surface area contributed by atoms with Crippen LogP contribution in [0.2, 0.25) is 5.02 Å². The van der Waals surface area contributed by atoms with E-state index < -0.39 is 0 Å². The smallest absolute Gasteiger partial charge is 0.145 e. The van der Waals surface area contributed by atoms with E-state index in [-0.39, 0.29) is 0 Å². The number of halogens is 1. The SMILES string of the molecule is COc1cc(C)cc2cc(Cl)c(C)nc12. The number of hydrogen-bond donors (Lipinski definition) is 0. The highest BCUT2D eigenvalue weighted by Gasteiger charge is 2.07. The maximum absolute atomic E-state index is 6.03. The van der Waals surface area contributed by atoms with Gasteiger partial charge in [-0.1, -0.05) is 11.6 Å². The molecule has 0 N–H and O–H groups in total. The van der Waals surface area contributed by atoms with Gasteiger partial charge in [0.2, 0.25) is 0 Å². The summed E-state index contributed by atoms with van der Waals surface area (Å²) in [5, 5.41) is 1.71. The number of benzene rings is 1. The fourth-order valence-electron chi connectivity index (χ4n) is 1.62. The molecular weight excluding hydrogens is 210 g/mol. The van der Waals surface area contributed by atoms with Crippen molar-refractivity contribution in [2.45, 2.75) is 13.8 Å². The topological polar surface area (TPSA) is 22.1 Å². The fraction of sp³-hybridized carbons (Fsp3) is 0.250. The first-order chi connectivity index (χ1) is 7.11. The van der Waals surface area contributed by atoms with Crippen LogP contribution in [0.4, 0.5) is 0 Å². The Kier molecular flexibility index (Phi) is 2.53. The van der Waals surface area contributed by atoms with Crippen molar-refractivity contribution in [1.29, 1.82) is 0 Å². The Bertz CT molecular complexity index is 523. The summed E-state index contributed by atoms with van der Waals surface area (Å²) in [6.07, 6.45) is 0. The zero-order chi connectivity index (χ0) is 11.0. The van der Waals surface area contributed by atoms with Crippen molar-refractivity contribution < 1.29 is 4.74 Å². The van der Waals surface area contributed by atoms with Crippen molar-refractivity contribution in [3.05, 3.63) is 34.5 Å². The summed E-state index contributed by atoms with van der Waals surface area (Å²) in [6, 6.07) is 5.95. The standard InChI is InChI=1S/C12H12ClNO/c1-7-4-9-6-10(13)8(2)14-12(9)11(5-7)15-3/h4-6H,1-3H3. The van der Waals surface area contributed by atoms with Crippen LogP contribution in [0.1, 0.15) is 11.3 Å². The number of hydrogen-bond acceptors (Lipinski definition) is 2. The van der Waals surface area contributed by atoms with E-state index in [1.165, 1.54) is 0 Å². The van der Waals surface area contributed by atoms with E-state index in [1.807, 2.05) is 26.0 Å². The third-order valence-corrected chi connectivity index (χ3v) is 2.76. The third kappa shape index (κ3) is 1.77. The summed E-state index contributed by atoms with van der Waals surface area (Å²) < 4.78 is 5.30. The molecule has 0 unspecified atom stereocenters. The van der Waals surface area contributed by atoms with Crippen molar-refractivity contribution in [3.8, 4) is 5.75 Å². The Balaban J connectivity index is 2.84. The van der Waals surface area contributed by atoms with E-state index in [4.69, 9.17) is 16.3 Å². The molecule has 0 amide bonds. The second-order valence-electron chi connectivity index (χ2n) is 3.59. The largest absolute Gasteiger partial charge is 0.494 e. The number of nitrogens with zero attached hydrogens (tertiary/aromatic N) is 1. The summed E-state index contributed by atoms with van der Waals surface area (Å²) in [6.45, 7) is 3.91. The van der Waals surface area contributed by atoms with Crippen LogP contribution in [-0.2, 0) is 0 Å². The number of methoxy groups -OCH3 is 1. The monoisotopic (exact) mass is 221 g/mol. The molecule has 1 heterocycles. The Hall–Kier alpha value is -1.28. The molecule has 78 valence electrons. The lowest BCUT2D eigenvalue weighted by Crippen LogP contribution is -1.91. The molecule has 0 atom stereocenters. The van der Waals surface area contributed by atoms with Crippen LogP contribution in [-0.4, -0.2) is 12.1 Å². The highest BCUT2D eigenvalue weighted by Crippen LogP contribution is 2.28. The lowest BCUT2D eigenvalue weighted by Gasteiger charge is -2.08. The molecule has 0 aliphatic heterocycles. The molecule has 0 fully saturated rings. The summed E-state index contributed by atoms with van der Waals surface area (Å²) in [7, 11) is 1.65. The molecule has 2 aromatic rings. The van der Waals surface area contributed by atoms with Gasteiger partial charge in [-0.2, -0.15) is 0 Å². The number of pyridine rings is 1. The zero-order valence-corrected chi connectivity index (χ0v) is 9.72. The molecule has 0 aliphatic rings. The molecule has 0 aliphatic carbocycles. The Morgan fingerprint density at radius 2 is 1.93 bits per heavy atom. The molecule has 0 saturated carbocycles. The maximum atomic E-state index is 6.03. The maximum Gasteiger partial charge on any atom is 0.145 e. The average Bonchev–Trinajstić information content (AvgIpc) is 2.19. The average molecular weight is 222 g/mol. The van der Waals surface area contributed by atoms with Crippen LogP contribution in [0, 0.1) is 13.8 Å². The minimum atomic E-state index is 0.690. The lowest BCUT2D eigenvalue weighted by atomic mass is 10.1. The summed E-state index contributed by atoms with van der Waals surface area (Å²) >= 11 is 6.03. The lowest BCUT2D eigenvalue weighted by molar-refractivity contribution is 0.418. The molecule has 1 aromatic heterocycles. The first-order valence-corrected chi connectivity index (χ1v) is 5.11. The third-order valence-electron chi connectivity index (χ3n) is 2.38. The number of aryl methyl sites for hydroxylation is 2. The molecule has 0 saturated heterocycles. The first-order valence-electron chi connectivity index (χ1n) is 4.73. The molecule has 2 rings (SSSR count). The molecular formula is C12H12ClNO. The highest BCUT2D eigenvalue weighted by atomic mass is 35.5. The van der Waals surface area contributed by atoms with Crippen LogP contribution >= 0.6 is 11.6 Å². The predicted octanol–water partition coefficient (Wildman–Crippen LogP) is 3.51. The van der Waals surface area contributed by atoms with Crippen molar-refractivity contribution in [2.24, 2.45) is 0 Å². The van der Waals surface area contributed by atoms with Gasteiger partial charge in [-0.25, -0.2) is 4.98 Å². The van der Waals surface area contributed by atoms with Crippen molar-refractivity contribution in [2.75, 3.05) is 7.11 Å². The van der Waals surface area contributed by atoms with Gasteiger partial charge in [0, 0.05) is 5.39 Å². The van der Waals surface area contributed by atoms with Crippen molar-refractivity contribution in [1.82, 2.24) is 4.98 Å². The summed E-state index contributed by atoms with van der Waals surface area (Å²) in [5.41, 5.74) is 2.83. The van der Waals surface area contributed by atoms with Crippen molar-refractivity contribution >= 4 is 22.5 Å². The second kappa shape index (κ2) is 3.70. The minimum absolute atomic E-state index is 0.690. The molecule has 3 heteroatoms. The number of fused-ring (bicyclic) bond motifs is 1. The van der Waals surface area contributed by atoms with E-state index in [1.54, 1.807) is 7.11 Å². The van der Waals surface area contributed by atoms with Gasteiger partial charge in [-0.3, -0.25) is 0 Å². The van der Waals surface area contributed by atoms with Gasteiger partial charge in [-0.15, -0.1) is 0 Å². The number of ether oxygens (including phenoxy) is 1. The second-order valence-corrected chi connectivity index (χ2v) is 4.00. The van der Waals surface area contributed by atoms with Crippen LogP contribution < -0.4 is 4.74 Å². The quantitative estimate of drug-likeness (QED) is 0.735. The zero-order valence-electron chi connectivity index (χ0n) is 8.97. The van der Waals surface area contributed by atoms with Gasteiger partial charge in [0.1, 0.15) is 11.3 Å². The van der Waals surface area contributed by atoms with Gasteiger partial charge in [-0.05, 0) is 37.6 Å². The minimum Gasteiger partial charge on any atom is -0.494 e. The Morgan fingerprint density at radius 3 is 2.60 bits per heavy atom. The highest BCUT2D eigenvalue weighted by molar-refractivity contribution is 6.31. The Labute approximate surface area is 93.8 Å². The molecule has 2 nitrogen and oxygen atoms in total. The normalized spacial score (nSPS) is 10.7. The summed E-state index contributed by atoms with van der Waals surface area (Å²) in [4.78, 5) is 4.43. The van der Waals surface area contributed by atoms with Gasteiger partial charge in [0.15, 0.2) is 0 Å². The van der Waals surface area contributed by atoms with Gasteiger partial charge in [0.05, 0.1) is 17.8 Å². The molecule has 0 spiro atoms. The number of aromatic nitrogens is 1. The van der Waals surface area contributed by atoms with E-state index in [0.717, 1.165) is 27.9 Å². The van der Waals surface area contributed by atoms with E-state index in [0.29, 0.717) is 5.02 Å². The molecule has 0 radical (unpaired) electrons. The molecule has 1 aromatic carbocycles. The first kappa shape index (κ1) is 10.2. The van der Waals surface area contributed by atoms with E-state index in [9.17, 15) is 0 Å². The van der Waals surface area contributed by atoms with E-state index in [2.05, 4.69) is 11.1 Å². The van der Waals surface area contributed by atoms with Gasteiger partial charge < -0.3 is 4.74 Å². The molecule has 0 bridgehead atoms. The molecule has 15 heavy (non-hydrogen) atoms. The van der Waals surface area contributed by atoms with Crippen LogP contribution in [0.3, 0.4) is 0 Å². The van der Waals surface area contributed by atoms with Gasteiger partial charge >= 0.3 is 0 Å². The summed E-state index contributed by atoms with van der Waals surface area (Å²) in [5.74, 6) is 0.796. The fourth-order valence-corrected chi connectivity index (χ4v) is 1.78. The van der Waals surface area contributed by atoms with Crippen molar-refractivity contribution in [3.63, 3.8) is 0 Å². The van der Waals surface area contributed by atoms with Crippen LogP contribution in [0.5, 0.6) is 5.75 Å². The van der Waals surface area contributed by atoms with Crippen LogP contribution in [0.25, 0.3) is 10.9 Å².